The number of primary sulfonamides is 1. The van der Waals surface area contributed by atoms with Gasteiger partial charge in [-0.1, -0.05) is 50.5 Å². The van der Waals surface area contributed by atoms with E-state index in [1.807, 2.05) is 38.1 Å². The van der Waals surface area contributed by atoms with E-state index < -0.39 is 24.4 Å². The van der Waals surface area contributed by atoms with Crippen LogP contribution in [0, 0.1) is 0 Å². The molecule has 8 heteroatoms. The predicted molar refractivity (Wildman–Crippen MR) is 106 cm³/mol. The standard InChI is InChI=1S/C18H26N2O4S2/c1-4-5-6-13-18(26(19,23)24)25(21,22)17-12-8-9-14-15(17)10-7-11-16(14)20(2)3/h7-12,18H,4-6,13H2,1-3H3,(H2,19,23,24). The van der Waals surface area contributed by atoms with Gasteiger partial charge in [-0.25, -0.2) is 22.0 Å². The zero-order chi connectivity index (χ0) is 19.5. The molecule has 26 heavy (non-hydrogen) atoms. The largest absolute Gasteiger partial charge is 0.377 e. The van der Waals surface area contributed by atoms with Crippen molar-refractivity contribution in [2.75, 3.05) is 19.0 Å². The zero-order valence-electron chi connectivity index (χ0n) is 15.3. The summed E-state index contributed by atoms with van der Waals surface area (Å²) in [6.45, 7) is 1.97. The molecule has 0 aliphatic heterocycles. The van der Waals surface area contributed by atoms with E-state index in [0.717, 1.165) is 23.9 Å². The quantitative estimate of drug-likeness (QED) is 0.690. The average molecular weight is 399 g/mol. The molecule has 2 rings (SSSR count). The van der Waals surface area contributed by atoms with Crippen LogP contribution in [0.5, 0.6) is 0 Å². The first-order valence-corrected chi connectivity index (χ1v) is 11.7. The Kier molecular flexibility index (Phi) is 6.31. The molecular weight excluding hydrogens is 372 g/mol. The van der Waals surface area contributed by atoms with Gasteiger partial charge in [0.15, 0.2) is 14.4 Å². The van der Waals surface area contributed by atoms with Crippen molar-refractivity contribution in [2.24, 2.45) is 5.14 Å². The molecule has 0 saturated carbocycles. The minimum absolute atomic E-state index is 0.00122. The van der Waals surface area contributed by atoms with Crippen LogP contribution in [0.3, 0.4) is 0 Å². The number of anilines is 1. The number of sulfonamides is 1. The Morgan fingerprint density at radius 1 is 0.962 bits per heavy atom. The molecule has 6 nitrogen and oxygen atoms in total. The average Bonchev–Trinajstić information content (AvgIpc) is 2.56. The lowest BCUT2D eigenvalue weighted by Crippen LogP contribution is -2.35. The van der Waals surface area contributed by atoms with Gasteiger partial charge in [-0.3, -0.25) is 0 Å². The Hall–Kier alpha value is -1.64. The number of unbranched alkanes of at least 4 members (excludes halogenated alkanes) is 2. The van der Waals surface area contributed by atoms with Crippen LogP contribution in [0.4, 0.5) is 5.69 Å². The molecule has 2 N–H and O–H groups in total. The van der Waals surface area contributed by atoms with Crippen LogP contribution in [0.1, 0.15) is 32.6 Å². The lowest BCUT2D eigenvalue weighted by Gasteiger charge is -2.19. The topological polar surface area (TPSA) is 97.5 Å². The Bertz CT molecular complexity index is 983. The number of nitrogens with zero attached hydrogens (tertiary/aromatic N) is 1. The SMILES string of the molecule is CCCCCC(S(N)(=O)=O)S(=O)(=O)c1cccc2c(N(C)C)cccc12. The second-order valence-electron chi connectivity index (χ2n) is 6.58. The van der Waals surface area contributed by atoms with Gasteiger partial charge in [0.2, 0.25) is 10.0 Å². The summed E-state index contributed by atoms with van der Waals surface area (Å²) in [5.74, 6) is 0. The Morgan fingerprint density at radius 2 is 1.58 bits per heavy atom. The van der Waals surface area contributed by atoms with E-state index in [9.17, 15) is 16.8 Å². The summed E-state index contributed by atoms with van der Waals surface area (Å²) in [5.41, 5.74) is 0.859. The van der Waals surface area contributed by atoms with Gasteiger partial charge >= 0.3 is 0 Å². The molecule has 2 aromatic rings. The Balaban J connectivity index is 2.66. The molecule has 0 amide bonds. The van der Waals surface area contributed by atoms with Gasteiger partial charge in [0.05, 0.1) is 4.90 Å². The van der Waals surface area contributed by atoms with Crippen LogP contribution in [0.2, 0.25) is 0 Å². The van der Waals surface area contributed by atoms with E-state index in [1.54, 1.807) is 18.2 Å². The van der Waals surface area contributed by atoms with Gasteiger partial charge in [-0.2, -0.15) is 0 Å². The minimum Gasteiger partial charge on any atom is -0.377 e. The smallest absolute Gasteiger partial charge is 0.226 e. The molecule has 0 heterocycles. The molecule has 0 aliphatic carbocycles. The van der Waals surface area contributed by atoms with Crippen molar-refractivity contribution in [3.8, 4) is 0 Å². The zero-order valence-corrected chi connectivity index (χ0v) is 17.0. The van der Waals surface area contributed by atoms with E-state index in [0.29, 0.717) is 11.8 Å². The van der Waals surface area contributed by atoms with Crippen molar-refractivity contribution in [1.82, 2.24) is 0 Å². The second kappa shape index (κ2) is 7.94. The highest BCUT2D eigenvalue weighted by Gasteiger charge is 2.37. The lowest BCUT2D eigenvalue weighted by molar-refractivity contribution is 0.562. The van der Waals surface area contributed by atoms with Gasteiger partial charge in [-0.05, 0) is 18.6 Å². The highest BCUT2D eigenvalue weighted by atomic mass is 32.3. The Morgan fingerprint density at radius 3 is 2.15 bits per heavy atom. The van der Waals surface area contributed by atoms with Gasteiger partial charge in [-0.15, -0.1) is 0 Å². The van der Waals surface area contributed by atoms with Crippen LogP contribution >= 0.6 is 0 Å². The molecular formula is C18H26N2O4S2. The second-order valence-corrected chi connectivity index (χ2v) is 10.7. The van der Waals surface area contributed by atoms with Crippen LogP contribution in [-0.2, 0) is 19.9 Å². The number of hydrogen-bond acceptors (Lipinski definition) is 5. The van der Waals surface area contributed by atoms with E-state index >= 15 is 0 Å². The molecule has 0 bridgehead atoms. The number of rotatable bonds is 8. The molecule has 0 aromatic heterocycles. The van der Waals surface area contributed by atoms with Crippen molar-refractivity contribution < 1.29 is 16.8 Å². The van der Waals surface area contributed by atoms with Crippen LogP contribution in [0.25, 0.3) is 10.8 Å². The van der Waals surface area contributed by atoms with E-state index in [4.69, 9.17) is 5.14 Å². The summed E-state index contributed by atoms with van der Waals surface area (Å²) < 4.78 is 48.9. The van der Waals surface area contributed by atoms with E-state index in [-0.39, 0.29) is 11.3 Å². The number of nitrogens with two attached hydrogens (primary N) is 1. The van der Waals surface area contributed by atoms with E-state index in [2.05, 4.69) is 0 Å². The lowest BCUT2D eigenvalue weighted by atomic mass is 10.1. The maximum Gasteiger partial charge on any atom is 0.226 e. The molecule has 0 aliphatic rings. The first kappa shape index (κ1) is 20.7. The maximum atomic E-state index is 13.2. The van der Waals surface area contributed by atoms with Crippen molar-refractivity contribution in [3.05, 3.63) is 36.4 Å². The number of sulfone groups is 1. The molecule has 0 fully saturated rings. The van der Waals surface area contributed by atoms with Crippen molar-refractivity contribution in [3.63, 3.8) is 0 Å². The molecule has 1 atom stereocenters. The fraction of sp³-hybridized carbons (Fsp3) is 0.444. The van der Waals surface area contributed by atoms with Crippen molar-refractivity contribution >= 4 is 36.3 Å². The van der Waals surface area contributed by atoms with Crippen molar-refractivity contribution in [1.29, 1.82) is 0 Å². The molecule has 144 valence electrons. The van der Waals surface area contributed by atoms with Gasteiger partial charge in [0, 0.05) is 30.6 Å². The molecule has 0 spiro atoms. The maximum absolute atomic E-state index is 13.2. The molecule has 0 saturated heterocycles. The van der Waals surface area contributed by atoms with Crippen molar-refractivity contribution in [2.45, 2.75) is 42.1 Å². The molecule has 1 unspecified atom stereocenters. The third-order valence-electron chi connectivity index (χ3n) is 4.40. The Labute approximate surface area is 156 Å². The normalized spacial score (nSPS) is 13.7. The third kappa shape index (κ3) is 4.19. The minimum atomic E-state index is -4.24. The fourth-order valence-electron chi connectivity index (χ4n) is 3.10. The summed E-state index contributed by atoms with van der Waals surface area (Å²) >= 11 is 0. The van der Waals surface area contributed by atoms with Crippen LogP contribution in [0.15, 0.2) is 41.3 Å². The van der Waals surface area contributed by atoms with Gasteiger partial charge < -0.3 is 4.90 Å². The van der Waals surface area contributed by atoms with Gasteiger partial charge in [0.25, 0.3) is 0 Å². The summed E-state index contributed by atoms with van der Waals surface area (Å²) in [7, 11) is -4.65. The van der Waals surface area contributed by atoms with Crippen LogP contribution < -0.4 is 10.0 Å². The molecule has 2 aromatic carbocycles. The first-order chi connectivity index (χ1) is 12.1. The highest BCUT2D eigenvalue weighted by Crippen LogP contribution is 2.33. The van der Waals surface area contributed by atoms with E-state index in [1.165, 1.54) is 6.07 Å². The summed E-state index contributed by atoms with van der Waals surface area (Å²) in [6.07, 6.45) is 2.10. The van der Waals surface area contributed by atoms with Crippen LogP contribution in [-0.4, -0.2) is 35.5 Å². The first-order valence-electron chi connectivity index (χ1n) is 8.55. The fourth-order valence-corrected chi connectivity index (χ4v) is 6.83. The monoisotopic (exact) mass is 398 g/mol. The van der Waals surface area contributed by atoms with Gasteiger partial charge in [0.1, 0.15) is 0 Å². The summed E-state index contributed by atoms with van der Waals surface area (Å²) in [4.78, 5) is 1.89. The number of fused-ring (bicyclic) bond motifs is 1. The summed E-state index contributed by atoms with van der Waals surface area (Å²) in [6, 6.07) is 10.3. The molecule has 0 radical (unpaired) electrons. The summed E-state index contributed by atoms with van der Waals surface area (Å²) in [5, 5.41) is 6.55. The third-order valence-corrected chi connectivity index (χ3v) is 8.83. The predicted octanol–water partition coefficient (Wildman–Crippen LogP) is 2.87. The number of hydrogen-bond donors (Lipinski definition) is 1. The number of benzene rings is 2. The highest BCUT2D eigenvalue weighted by molar-refractivity contribution is 8.08.